The third kappa shape index (κ3) is 3.53. The van der Waals surface area contributed by atoms with E-state index in [1.807, 2.05) is 48.5 Å². The normalized spacial score (nSPS) is 21.2. The van der Waals surface area contributed by atoms with E-state index in [0.29, 0.717) is 18.7 Å². The zero-order valence-corrected chi connectivity index (χ0v) is 17.7. The number of hydrogen-bond acceptors (Lipinski definition) is 5. The number of aliphatic hydroxyl groups is 1. The predicted molar refractivity (Wildman–Crippen MR) is 121 cm³/mol. The van der Waals surface area contributed by atoms with Crippen molar-refractivity contribution < 1.29 is 14.8 Å². The fourth-order valence-electron chi connectivity index (χ4n) is 5.11. The zero-order chi connectivity index (χ0) is 22.2. The van der Waals surface area contributed by atoms with Crippen LogP contribution in [-0.4, -0.2) is 45.4 Å². The van der Waals surface area contributed by atoms with Crippen LogP contribution < -0.4 is 0 Å². The van der Waals surface area contributed by atoms with Gasteiger partial charge in [-0.1, -0.05) is 48.9 Å². The van der Waals surface area contributed by atoms with Crippen molar-refractivity contribution in [3.63, 3.8) is 0 Å². The maximum atomic E-state index is 13.2. The number of hydrogen-bond donors (Lipinski definition) is 1. The largest absolute Gasteiger partial charge is 0.369 e. The molecule has 7 heteroatoms. The number of piperidine rings is 1. The molecule has 5 rings (SSSR count). The van der Waals surface area contributed by atoms with Gasteiger partial charge < -0.3 is 10.0 Å². The summed E-state index contributed by atoms with van der Waals surface area (Å²) in [5.74, 6) is -0.148. The summed E-state index contributed by atoms with van der Waals surface area (Å²) in [5.41, 5.74) is 2.54. The fraction of sp³-hybridized carbons (Fsp3) is 0.320. The van der Waals surface area contributed by atoms with Crippen LogP contribution in [0.5, 0.6) is 0 Å². The number of nitro benzene ring substituents is 1. The standard InChI is InChI=1S/C25H25N3O4/c29-24-20-7-3-5-18-6-4-8-21(23(18)20)25(30)27(24)16-15-26-14-2-1-9-22(26)17-10-12-19(13-11-17)28(31)32/h3-8,10-13,22,24,29H,1-2,9,14-16H2. The van der Waals surface area contributed by atoms with Gasteiger partial charge in [-0.05, 0) is 36.4 Å². The molecule has 0 saturated carbocycles. The second-order valence-electron chi connectivity index (χ2n) is 8.52. The maximum absolute atomic E-state index is 13.2. The van der Waals surface area contributed by atoms with E-state index in [0.717, 1.165) is 47.7 Å². The quantitative estimate of drug-likeness (QED) is 0.477. The highest BCUT2D eigenvalue weighted by Gasteiger charge is 2.33. The molecule has 2 atom stereocenters. The van der Waals surface area contributed by atoms with Gasteiger partial charge in [0.15, 0.2) is 6.23 Å². The van der Waals surface area contributed by atoms with Gasteiger partial charge in [0, 0.05) is 47.8 Å². The van der Waals surface area contributed by atoms with E-state index in [2.05, 4.69) is 4.90 Å². The number of non-ortho nitro benzene ring substituents is 1. The highest BCUT2D eigenvalue weighted by Crippen LogP contribution is 2.36. The highest BCUT2D eigenvalue weighted by atomic mass is 16.6. The summed E-state index contributed by atoms with van der Waals surface area (Å²) in [6, 6.07) is 18.3. The summed E-state index contributed by atoms with van der Waals surface area (Å²) < 4.78 is 0. The van der Waals surface area contributed by atoms with Crippen LogP contribution in [-0.2, 0) is 0 Å². The number of carbonyl (C=O) groups excluding carboxylic acids is 1. The van der Waals surface area contributed by atoms with Gasteiger partial charge in [-0.3, -0.25) is 19.8 Å². The van der Waals surface area contributed by atoms with Gasteiger partial charge in [0.1, 0.15) is 0 Å². The minimum absolute atomic E-state index is 0.0889. The van der Waals surface area contributed by atoms with Crippen molar-refractivity contribution in [3.8, 4) is 0 Å². The Morgan fingerprint density at radius 3 is 2.50 bits per heavy atom. The average Bonchev–Trinajstić information content (AvgIpc) is 2.82. The molecule has 1 amide bonds. The summed E-state index contributed by atoms with van der Waals surface area (Å²) >= 11 is 0. The van der Waals surface area contributed by atoms with Crippen molar-refractivity contribution in [1.82, 2.24) is 9.80 Å². The number of nitro groups is 1. The first-order valence-electron chi connectivity index (χ1n) is 11.0. The Morgan fingerprint density at radius 1 is 1.00 bits per heavy atom. The summed E-state index contributed by atoms with van der Waals surface area (Å²) in [6.07, 6.45) is 2.17. The summed E-state index contributed by atoms with van der Waals surface area (Å²) in [7, 11) is 0. The topological polar surface area (TPSA) is 86.9 Å². The van der Waals surface area contributed by atoms with E-state index in [1.165, 1.54) is 0 Å². The third-order valence-corrected chi connectivity index (χ3v) is 6.73. The zero-order valence-electron chi connectivity index (χ0n) is 17.7. The molecule has 2 heterocycles. The molecule has 7 nitrogen and oxygen atoms in total. The van der Waals surface area contributed by atoms with Gasteiger partial charge in [0.05, 0.1) is 4.92 Å². The van der Waals surface area contributed by atoms with E-state index in [4.69, 9.17) is 0 Å². The minimum Gasteiger partial charge on any atom is -0.369 e. The van der Waals surface area contributed by atoms with Gasteiger partial charge in [-0.25, -0.2) is 0 Å². The van der Waals surface area contributed by atoms with Crippen LogP contribution in [0.3, 0.4) is 0 Å². The minimum atomic E-state index is -0.969. The van der Waals surface area contributed by atoms with Crippen LogP contribution in [0.2, 0.25) is 0 Å². The predicted octanol–water partition coefficient (Wildman–Crippen LogP) is 4.42. The van der Waals surface area contributed by atoms with E-state index in [1.54, 1.807) is 17.0 Å². The molecule has 1 saturated heterocycles. The number of nitrogens with zero attached hydrogens (tertiary/aromatic N) is 3. The summed E-state index contributed by atoms with van der Waals surface area (Å²) in [4.78, 5) is 27.7. The Morgan fingerprint density at radius 2 is 1.75 bits per heavy atom. The molecule has 3 aromatic carbocycles. The lowest BCUT2D eigenvalue weighted by Crippen LogP contribution is -2.44. The lowest BCUT2D eigenvalue weighted by atomic mass is 9.93. The average molecular weight is 431 g/mol. The molecule has 1 N–H and O–H groups in total. The van der Waals surface area contributed by atoms with Gasteiger partial charge >= 0.3 is 0 Å². The smallest absolute Gasteiger partial charge is 0.269 e. The van der Waals surface area contributed by atoms with Gasteiger partial charge in [0.25, 0.3) is 11.6 Å². The molecule has 2 aliphatic rings. The number of amides is 1. The van der Waals surface area contributed by atoms with Crippen LogP contribution in [0.25, 0.3) is 10.8 Å². The Bertz CT molecular complexity index is 1170. The van der Waals surface area contributed by atoms with Crippen LogP contribution >= 0.6 is 0 Å². The van der Waals surface area contributed by atoms with E-state index in [-0.39, 0.29) is 22.6 Å². The second-order valence-corrected chi connectivity index (χ2v) is 8.52. The molecule has 0 aliphatic carbocycles. The molecule has 3 aromatic rings. The molecular formula is C25H25N3O4. The Kier molecular flexibility index (Phi) is 5.36. The molecule has 164 valence electrons. The molecule has 2 unspecified atom stereocenters. The van der Waals surface area contributed by atoms with Crippen molar-refractivity contribution >= 4 is 22.4 Å². The van der Waals surface area contributed by atoms with Gasteiger partial charge in [-0.2, -0.15) is 0 Å². The summed E-state index contributed by atoms with van der Waals surface area (Å²) in [6.45, 7) is 1.93. The van der Waals surface area contributed by atoms with Crippen molar-refractivity contribution in [1.29, 1.82) is 0 Å². The lowest BCUT2D eigenvalue weighted by molar-refractivity contribution is -0.384. The van der Waals surface area contributed by atoms with E-state index < -0.39 is 6.23 Å². The number of carbonyl (C=O) groups is 1. The number of likely N-dealkylation sites (tertiary alicyclic amines) is 1. The number of aliphatic hydroxyl groups excluding tert-OH is 1. The van der Waals surface area contributed by atoms with Crippen molar-refractivity contribution in [3.05, 3.63) is 87.5 Å². The first kappa shape index (κ1) is 20.6. The van der Waals surface area contributed by atoms with E-state index in [9.17, 15) is 20.0 Å². The van der Waals surface area contributed by atoms with Crippen LogP contribution in [0, 0.1) is 10.1 Å². The number of benzene rings is 3. The van der Waals surface area contributed by atoms with Crippen LogP contribution in [0.15, 0.2) is 60.7 Å². The summed E-state index contributed by atoms with van der Waals surface area (Å²) in [5, 5.41) is 23.8. The molecule has 0 aromatic heterocycles. The first-order chi connectivity index (χ1) is 15.5. The van der Waals surface area contributed by atoms with E-state index >= 15 is 0 Å². The molecule has 0 spiro atoms. The van der Waals surface area contributed by atoms with Gasteiger partial charge in [0.2, 0.25) is 0 Å². The monoisotopic (exact) mass is 431 g/mol. The third-order valence-electron chi connectivity index (χ3n) is 6.73. The highest BCUT2D eigenvalue weighted by molar-refractivity contribution is 6.10. The number of rotatable bonds is 5. The molecule has 2 aliphatic heterocycles. The van der Waals surface area contributed by atoms with Crippen LogP contribution in [0.4, 0.5) is 5.69 Å². The molecule has 0 bridgehead atoms. The van der Waals surface area contributed by atoms with Crippen molar-refractivity contribution in [2.75, 3.05) is 19.6 Å². The Hall–Kier alpha value is -3.29. The van der Waals surface area contributed by atoms with Gasteiger partial charge in [-0.15, -0.1) is 0 Å². The Labute approximate surface area is 186 Å². The molecule has 0 radical (unpaired) electrons. The fourth-order valence-corrected chi connectivity index (χ4v) is 5.11. The first-order valence-corrected chi connectivity index (χ1v) is 11.0. The molecular weight excluding hydrogens is 406 g/mol. The SMILES string of the molecule is O=C1c2cccc3cccc(c23)C(O)N1CCN1CCCCC1c1ccc([N+](=O)[O-])cc1. The van der Waals surface area contributed by atoms with Crippen molar-refractivity contribution in [2.45, 2.75) is 31.5 Å². The molecule has 1 fully saturated rings. The second kappa shape index (κ2) is 8.33. The molecule has 32 heavy (non-hydrogen) atoms. The maximum Gasteiger partial charge on any atom is 0.269 e. The van der Waals surface area contributed by atoms with Crippen molar-refractivity contribution in [2.24, 2.45) is 0 Å². The lowest BCUT2D eigenvalue weighted by Gasteiger charge is -2.39. The Balaban J connectivity index is 1.36. The van der Waals surface area contributed by atoms with Crippen LogP contribution in [0.1, 0.15) is 53.0 Å².